The molecule has 1 atom stereocenters. The monoisotopic (exact) mass is 228 g/mol. The number of ether oxygens (including phenoxy) is 1. The average Bonchev–Trinajstić information content (AvgIpc) is 2.71. The number of nitrogens with one attached hydrogen (secondary N) is 1. The number of nitrogens with two attached hydrogens (primary N) is 2. The summed E-state index contributed by atoms with van der Waals surface area (Å²) < 4.78 is 5.54. The lowest BCUT2D eigenvalue weighted by molar-refractivity contribution is 0.0958. The lowest BCUT2D eigenvalue weighted by atomic mass is 10.2. The molecule has 0 unspecified atom stereocenters. The first-order valence-electron chi connectivity index (χ1n) is 5.09. The van der Waals surface area contributed by atoms with Crippen LogP contribution in [0.15, 0.2) is 11.5 Å². The Labute approximate surface area is 94.4 Å². The van der Waals surface area contributed by atoms with Crippen LogP contribution >= 0.6 is 12.2 Å². The molecule has 0 radical (unpaired) electrons. The highest BCUT2D eigenvalue weighted by atomic mass is 32.1. The summed E-state index contributed by atoms with van der Waals surface area (Å²) in [4.78, 5) is 1.82. The van der Waals surface area contributed by atoms with Gasteiger partial charge in [-0.15, -0.1) is 0 Å². The van der Waals surface area contributed by atoms with Gasteiger partial charge in [-0.1, -0.05) is 0 Å². The highest BCUT2D eigenvalue weighted by Gasteiger charge is 2.25. The fourth-order valence-corrected chi connectivity index (χ4v) is 2.06. The highest BCUT2D eigenvalue weighted by molar-refractivity contribution is 7.80. The number of hydrogen-bond acceptors (Lipinski definition) is 4. The van der Waals surface area contributed by atoms with Gasteiger partial charge in [0.2, 0.25) is 0 Å². The molecule has 0 saturated carbocycles. The molecule has 0 aromatic rings. The van der Waals surface area contributed by atoms with Crippen molar-refractivity contribution in [2.24, 2.45) is 11.5 Å². The first-order valence-corrected chi connectivity index (χ1v) is 5.50. The minimum atomic E-state index is 0.217. The van der Waals surface area contributed by atoms with Crippen LogP contribution in [0, 0.1) is 0 Å². The molecule has 1 saturated heterocycles. The van der Waals surface area contributed by atoms with Crippen molar-refractivity contribution in [3.63, 3.8) is 0 Å². The lowest BCUT2D eigenvalue weighted by Gasteiger charge is -2.32. The van der Waals surface area contributed by atoms with E-state index in [0.717, 1.165) is 19.4 Å². The van der Waals surface area contributed by atoms with E-state index >= 15 is 0 Å². The largest absolute Gasteiger partial charge is 0.398 e. The van der Waals surface area contributed by atoms with Gasteiger partial charge in [0.05, 0.1) is 24.9 Å². The molecule has 84 valence electrons. The third-order valence-electron chi connectivity index (χ3n) is 2.71. The number of rotatable bonds is 2. The van der Waals surface area contributed by atoms with E-state index < -0.39 is 0 Å². The van der Waals surface area contributed by atoms with Crippen molar-refractivity contribution in [2.75, 3.05) is 19.7 Å². The van der Waals surface area contributed by atoms with Gasteiger partial charge in [0.25, 0.3) is 0 Å². The van der Waals surface area contributed by atoms with Crippen molar-refractivity contribution >= 4 is 17.3 Å². The molecule has 1 fully saturated rings. The molecule has 0 aromatic heterocycles. The summed E-state index contributed by atoms with van der Waals surface area (Å²) in [6.45, 7) is 2.06. The van der Waals surface area contributed by atoms with Crippen LogP contribution in [-0.2, 0) is 4.74 Å². The van der Waals surface area contributed by atoms with E-state index in [-0.39, 0.29) is 6.10 Å². The molecule has 0 amide bonds. The smallest absolute Gasteiger partial charge is 0.175 e. The molecule has 0 spiro atoms. The van der Waals surface area contributed by atoms with Crippen molar-refractivity contribution in [1.82, 2.24) is 10.2 Å². The van der Waals surface area contributed by atoms with Gasteiger partial charge in [-0.25, -0.2) is 0 Å². The number of thiocarbonyl (C=S) groups is 1. The summed E-state index contributed by atoms with van der Waals surface area (Å²) in [5.41, 5.74) is 12.3. The third kappa shape index (κ3) is 2.15. The van der Waals surface area contributed by atoms with E-state index in [9.17, 15) is 0 Å². The first-order chi connectivity index (χ1) is 7.18. The Bertz CT molecular complexity index is 298. The van der Waals surface area contributed by atoms with Crippen LogP contribution in [0.2, 0.25) is 0 Å². The molecule has 6 heteroatoms. The van der Waals surface area contributed by atoms with Crippen LogP contribution in [0.1, 0.15) is 12.8 Å². The van der Waals surface area contributed by atoms with E-state index in [2.05, 4.69) is 5.32 Å². The first kappa shape index (κ1) is 10.5. The summed E-state index contributed by atoms with van der Waals surface area (Å²) in [6.07, 6.45) is 2.39. The minimum Gasteiger partial charge on any atom is -0.398 e. The molecule has 2 aliphatic heterocycles. The number of hydrogen-bond donors (Lipinski definition) is 3. The SMILES string of the molecule is NC1=C(N)N(C[C@H]2CCCO2)C(=S)NC1. The van der Waals surface area contributed by atoms with Crippen LogP contribution in [0.5, 0.6) is 0 Å². The maximum atomic E-state index is 5.89. The zero-order valence-corrected chi connectivity index (χ0v) is 9.35. The third-order valence-corrected chi connectivity index (χ3v) is 3.07. The maximum absolute atomic E-state index is 5.89. The fraction of sp³-hybridized carbons (Fsp3) is 0.667. The van der Waals surface area contributed by atoms with Crippen molar-refractivity contribution in [1.29, 1.82) is 0 Å². The minimum absolute atomic E-state index is 0.217. The number of nitrogens with zero attached hydrogens (tertiary/aromatic N) is 1. The van der Waals surface area contributed by atoms with E-state index in [0.29, 0.717) is 29.7 Å². The summed E-state index contributed by atoms with van der Waals surface area (Å²) in [5.74, 6) is 0.564. The Balaban J connectivity index is 2.04. The summed E-state index contributed by atoms with van der Waals surface area (Å²) in [5, 5.41) is 3.66. The second-order valence-corrected chi connectivity index (χ2v) is 4.20. The standard InChI is InChI=1S/C9H16N4OS/c10-7-4-12-9(15)13(8(7)11)5-6-2-1-3-14-6/h6H,1-5,10-11H2,(H,12,15)/t6-/m1/s1. The van der Waals surface area contributed by atoms with Crippen LogP contribution < -0.4 is 16.8 Å². The zero-order valence-electron chi connectivity index (χ0n) is 8.53. The Morgan fingerprint density at radius 2 is 2.33 bits per heavy atom. The molecule has 2 rings (SSSR count). The second-order valence-electron chi connectivity index (χ2n) is 3.81. The Hall–Kier alpha value is -1.01. The zero-order chi connectivity index (χ0) is 10.8. The average molecular weight is 228 g/mol. The summed E-state index contributed by atoms with van der Waals surface area (Å²) >= 11 is 5.18. The van der Waals surface area contributed by atoms with Gasteiger partial charge in [-0.2, -0.15) is 0 Å². The molecule has 0 aliphatic carbocycles. The predicted molar refractivity (Wildman–Crippen MR) is 61.7 cm³/mol. The van der Waals surface area contributed by atoms with E-state index in [4.69, 9.17) is 28.4 Å². The molecular weight excluding hydrogens is 212 g/mol. The van der Waals surface area contributed by atoms with Crippen LogP contribution in [0.4, 0.5) is 0 Å². The highest BCUT2D eigenvalue weighted by Crippen LogP contribution is 2.16. The van der Waals surface area contributed by atoms with Crippen molar-refractivity contribution < 1.29 is 4.74 Å². The molecule has 5 nitrogen and oxygen atoms in total. The Morgan fingerprint density at radius 1 is 1.53 bits per heavy atom. The van der Waals surface area contributed by atoms with E-state index in [1.165, 1.54) is 0 Å². The van der Waals surface area contributed by atoms with Gasteiger partial charge in [0, 0.05) is 6.61 Å². The second kappa shape index (κ2) is 4.24. The van der Waals surface area contributed by atoms with Gasteiger partial charge < -0.3 is 26.4 Å². The molecule has 0 bridgehead atoms. The van der Waals surface area contributed by atoms with Crippen molar-refractivity contribution in [3.05, 3.63) is 11.5 Å². The molecule has 2 heterocycles. The van der Waals surface area contributed by atoms with E-state index in [1.54, 1.807) is 0 Å². The molecule has 2 aliphatic rings. The van der Waals surface area contributed by atoms with Crippen LogP contribution in [-0.4, -0.2) is 35.8 Å². The fourth-order valence-electron chi connectivity index (χ4n) is 1.81. The van der Waals surface area contributed by atoms with Crippen LogP contribution in [0.3, 0.4) is 0 Å². The normalized spacial score (nSPS) is 27.1. The van der Waals surface area contributed by atoms with Gasteiger partial charge in [-0.05, 0) is 25.1 Å². The van der Waals surface area contributed by atoms with Gasteiger partial charge >= 0.3 is 0 Å². The molecule has 5 N–H and O–H groups in total. The molecule has 15 heavy (non-hydrogen) atoms. The summed E-state index contributed by atoms with van der Waals surface area (Å²) in [6, 6.07) is 0. The summed E-state index contributed by atoms with van der Waals surface area (Å²) in [7, 11) is 0. The van der Waals surface area contributed by atoms with Gasteiger partial charge in [-0.3, -0.25) is 0 Å². The maximum Gasteiger partial charge on any atom is 0.175 e. The van der Waals surface area contributed by atoms with Crippen molar-refractivity contribution in [2.45, 2.75) is 18.9 Å². The molecule has 0 aromatic carbocycles. The van der Waals surface area contributed by atoms with Crippen LogP contribution in [0.25, 0.3) is 0 Å². The molecular formula is C9H16N4OS. The quantitative estimate of drug-likeness (QED) is 0.550. The Kier molecular flexibility index (Phi) is 2.97. The Morgan fingerprint density at radius 3 is 3.00 bits per heavy atom. The predicted octanol–water partition coefficient (Wildman–Crippen LogP) is -0.558. The topological polar surface area (TPSA) is 76.5 Å². The van der Waals surface area contributed by atoms with E-state index in [1.807, 2.05) is 4.90 Å². The lowest BCUT2D eigenvalue weighted by Crippen LogP contribution is -2.51. The van der Waals surface area contributed by atoms with Gasteiger partial charge in [0.15, 0.2) is 5.11 Å². The van der Waals surface area contributed by atoms with Gasteiger partial charge in [0.1, 0.15) is 5.82 Å². The van der Waals surface area contributed by atoms with Crippen molar-refractivity contribution in [3.8, 4) is 0 Å².